The van der Waals surface area contributed by atoms with E-state index in [9.17, 15) is 18.8 Å². The van der Waals surface area contributed by atoms with Crippen molar-refractivity contribution in [1.29, 1.82) is 0 Å². The van der Waals surface area contributed by atoms with Crippen LogP contribution in [0, 0.1) is 5.82 Å². The third-order valence-electron chi connectivity index (χ3n) is 8.67. The number of aliphatic carboxylic acids is 3. The number of rotatable bonds is 7. The fourth-order valence-electron chi connectivity index (χ4n) is 6.47. The zero-order chi connectivity index (χ0) is 29.4. The van der Waals surface area contributed by atoms with E-state index in [0.717, 1.165) is 49.6 Å². The van der Waals surface area contributed by atoms with Gasteiger partial charge in [-0.2, -0.15) is 0 Å². The molecule has 3 aromatic rings. The predicted octanol–water partition coefficient (Wildman–Crippen LogP) is 4.06. The molecule has 12 heteroatoms. The number of carbonyl (C=O) groups is 3. The van der Waals surface area contributed by atoms with Gasteiger partial charge in [0.05, 0.1) is 30.7 Å². The van der Waals surface area contributed by atoms with E-state index in [1.807, 2.05) is 17.4 Å². The third kappa shape index (κ3) is 5.49. The first-order valence-corrected chi connectivity index (χ1v) is 14.5. The summed E-state index contributed by atoms with van der Waals surface area (Å²) >= 11 is 1.90. The molecule has 10 nitrogen and oxygen atoms in total. The lowest BCUT2D eigenvalue weighted by atomic mass is 9.69. The SMILES string of the molecule is Fc1ccc2[nH]c3c(c2c1)CCOC31CCC(c2cccs2)(N2CCC2)CC1.O=C(O)CC(O)(CC(=O)O)C(=O)O. The Morgan fingerprint density at radius 3 is 2.27 bits per heavy atom. The molecule has 1 saturated heterocycles. The zero-order valence-electron chi connectivity index (χ0n) is 22.4. The van der Waals surface area contributed by atoms with Crippen LogP contribution in [-0.2, 0) is 36.7 Å². The van der Waals surface area contributed by atoms with Crippen molar-refractivity contribution in [1.82, 2.24) is 9.88 Å². The number of hydrogen-bond acceptors (Lipinski definition) is 7. The van der Waals surface area contributed by atoms with Crippen molar-refractivity contribution in [2.24, 2.45) is 0 Å². The second-order valence-corrected chi connectivity index (χ2v) is 12.0. The van der Waals surface area contributed by atoms with E-state index in [4.69, 9.17) is 25.2 Å². The van der Waals surface area contributed by atoms with Gasteiger partial charge in [0, 0.05) is 28.9 Å². The summed E-state index contributed by atoms with van der Waals surface area (Å²) in [4.78, 5) is 38.3. The lowest BCUT2D eigenvalue weighted by molar-refractivity contribution is -0.170. The Hall–Kier alpha value is -3.32. The number of nitrogens with zero attached hydrogens (tertiary/aromatic N) is 1. The summed E-state index contributed by atoms with van der Waals surface area (Å²) in [6.45, 7) is 3.15. The van der Waals surface area contributed by atoms with Crippen LogP contribution >= 0.6 is 11.3 Å². The van der Waals surface area contributed by atoms with Crippen LogP contribution in [0.1, 0.15) is 61.1 Å². The number of carboxylic acid groups (broad SMARTS) is 3. The number of halogens is 1. The van der Waals surface area contributed by atoms with Crippen molar-refractivity contribution in [3.63, 3.8) is 0 Å². The highest BCUT2D eigenvalue weighted by molar-refractivity contribution is 7.10. The van der Waals surface area contributed by atoms with Gasteiger partial charge >= 0.3 is 17.9 Å². The molecule has 0 unspecified atom stereocenters. The molecule has 5 N–H and O–H groups in total. The van der Waals surface area contributed by atoms with Gasteiger partial charge in [0.15, 0.2) is 5.60 Å². The van der Waals surface area contributed by atoms with E-state index < -0.39 is 36.4 Å². The topological polar surface area (TPSA) is 160 Å². The van der Waals surface area contributed by atoms with Gasteiger partial charge in [-0.15, -0.1) is 11.3 Å². The molecular formula is C29H33FN2O8S. The molecule has 2 aromatic heterocycles. The molecule has 0 radical (unpaired) electrons. The van der Waals surface area contributed by atoms with Gasteiger partial charge in [-0.1, -0.05) is 6.07 Å². The number of thiophene rings is 1. The number of nitrogens with one attached hydrogen (secondary N) is 1. The summed E-state index contributed by atoms with van der Waals surface area (Å²) in [5.74, 6) is -5.18. The van der Waals surface area contributed by atoms with E-state index in [2.05, 4.69) is 27.4 Å². The standard InChI is InChI=1S/C23H25FN2OS.C6H8O7/c24-16-4-5-19-18(15-16)17-6-13-27-23(21(17)25-19)9-7-22(8-10-23,26-11-2-12-26)20-3-1-14-28-20;7-3(8)1-6(13,5(11)12)2-4(9)10/h1,3-5,14-15,25H,2,6-13H2;13H,1-2H2,(H,7,8)(H,9,10)(H,11,12). The minimum absolute atomic E-state index is 0.159. The highest BCUT2D eigenvalue weighted by Crippen LogP contribution is 2.54. The molecule has 3 aliphatic rings. The van der Waals surface area contributed by atoms with E-state index in [1.54, 1.807) is 12.1 Å². The van der Waals surface area contributed by atoms with Gasteiger partial charge in [0.25, 0.3) is 0 Å². The number of aromatic nitrogens is 1. The van der Waals surface area contributed by atoms with E-state index in [0.29, 0.717) is 0 Å². The first-order valence-electron chi connectivity index (χ1n) is 13.6. The lowest BCUT2D eigenvalue weighted by Gasteiger charge is -2.54. The van der Waals surface area contributed by atoms with Crippen molar-refractivity contribution in [3.05, 3.63) is 57.7 Å². The van der Waals surface area contributed by atoms with Gasteiger partial charge < -0.3 is 30.1 Å². The average Bonchev–Trinajstić information content (AvgIpc) is 3.54. The Morgan fingerprint density at radius 2 is 1.73 bits per heavy atom. The molecule has 1 spiro atoms. The van der Waals surface area contributed by atoms with Crippen molar-refractivity contribution in [3.8, 4) is 0 Å². The number of aliphatic hydroxyl groups is 1. The normalized spacial score (nSPS) is 24.2. The summed E-state index contributed by atoms with van der Waals surface area (Å²) in [7, 11) is 0. The van der Waals surface area contributed by atoms with Crippen LogP contribution in [0.3, 0.4) is 0 Å². The minimum Gasteiger partial charge on any atom is -0.481 e. The van der Waals surface area contributed by atoms with Gasteiger partial charge in [-0.3, -0.25) is 14.5 Å². The van der Waals surface area contributed by atoms with Crippen LogP contribution in [0.2, 0.25) is 0 Å². The van der Waals surface area contributed by atoms with Gasteiger partial charge in [0.2, 0.25) is 0 Å². The molecule has 1 aromatic carbocycles. The maximum Gasteiger partial charge on any atom is 0.336 e. The summed E-state index contributed by atoms with van der Waals surface area (Å²) in [5.41, 5.74) is 0.716. The van der Waals surface area contributed by atoms with E-state index in [-0.39, 0.29) is 17.0 Å². The largest absolute Gasteiger partial charge is 0.481 e. The molecule has 2 fully saturated rings. The quantitative estimate of drug-likeness (QED) is 0.274. The van der Waals surface area contributed by atoms with Crippen LogP contribution in [0.15, 0.2) is 35.7 Å². The number of likely N-dealkylation sites (tertiary alicyclic amines) is 1. The van der Waals surface area contributed by atoms with Crippen LogP contribution in [-0.4, -0.2) is 73.5 Å². The highest BCUT2D eigenvalue weighted by atomic mass is 32.1. The monoisotopic (exact) mass is 588 g/mol. The predicted molar refractivity (Wildman–Crippen MR) is 147 cm³/mol. The molecule has 4 heterocycles. The Balaban J connectivity index is 0.000000223. The highest BCUT2D eigenvalue weighted by Gasteiger charge is 2.52. The Bertz CT molecular complexity index is 1420. The molecule has 0 bridgehead atoms. The molecule has 41 heavy (non-hydrogen) atoms. The molecule has 2 aliphatic heterocycles. The number of hydrogen-bond donors (Lipinski definition) is 5. The summed E-state index contributed by atoms with van der Waals surface area (Å²) in [6, 6.07) is 9.61. The second kappa shape index (κ2) is 11.2. The number of benzene rings is 1. The Morgan fingerprint density at radius 1 is 1.05 bits per heavy atom. The van der Waals surface area contributed by atoms with Crippen molar-refractivity contribution in [2.45, 2.75) is 68.1 Å². The fraction of sp³-hybridized carbons (Fsp3) is 0.483. The van der Waals surface area contributed by atoms with Crippen LogP contribution < -0.4 is 0 Å². The molecule has 220 valence electrons. The maximum atomic E-state index is 13.9. The number of aromatic amines is 1. The smallest absolute Gasteiger partial charge is 0.336 e. The van der Waals surface area contributed by atoms with Gasteiger partial charge in [-0.05, 0) is 73.7 Å². The molecule has 1 aliphatic carbocycles. The van der Waals surface area contributed by atoms with Gasteiger partial charge in [0.1, 0.15) is 11.4 Å². The summed E-state index contributed by atoms with van der Waals surface area (Å²) < 4.78 is 20.4. The lowest BCUT2D eigenvalue weighted by Crippen LogP contribution is -2.56. The fourth-order valence-corrected chi connectivity index (χ4v) is 7.48. The second-order valence-electron chi connectivity index (χ2n) is 11.1. The first kappa shape index (κ1) is 29.2. The van der Waals surface area contributed by atoms with Crippen LogP contribution in [0.25, 0.3) is 10.9 Å². The number of carboxylic acids is 3. The maximum absolute atomic E-state index is 13.9. The first-order chi connectivity index (χ1) is 19.5. The molecule has 1 saturated carbocycles. The van der Waals surface area contributed by atoms with Crippen molar-refractivity contribution >= 4 is 40.1 Å². The Kier molecular flexibility index (Phi) is 7.94. The van der Waals surface area contributed by atoms with Gasteiger partial charge in [-0.25, -0.2) is 9.18 Å². The van der Waals surface area contributed by atoms with E-state index in [1.165, 1.54) is 35.6 Å². The zero-order valence-corrected chi connectivity index (χ0v) is 23.2. The summed E-state index contributed by atoms with van der Waals surface area (Å²) in [5, 5.41) is 37.1. The number of ether oxygens (including phenoxy) is 1. The molecular weight excluding hydrogens is 555 g/mol. The average molecular weight is 589 g/mol. The molecule has 0 atom stereocenters. The van der Waals surface area contributed by atoms with Crippen LogP contribution in [0.5, 0.6) is 0 Å². The van der Waals surface area contributed by atoms with Crippen LogP contribution in [0.4, 0.5) is 4.39 Å². The summed E-state index contributed by atoms with van der Waals surface area (Å²) in [6.07, 6.45) is 4.17. The van der Waals surface area contributed by atoms with Crippen molar-refractivity contribution in [2.75, 3.05) is 19.7 Å². The third-order valence-corrected chi connectivity index (χ3v) is 9.73. The minimum atomic E-state index is -2.74. The molecule has 0 amide bonds. The van der Waals surface area contributed by atoms with E-state index >= 15 is 0 Å². The Labute approximate surface area is 239 Å². The molecule has 6 rings (SSSR count). The number of fused-ring (bicyclic) bond motifs is 4. The number of H-pyrrole nitrogens is 1. The van der Waals surface area contributed by atoms with Crippen molar-refractivity contribution < 1.29 is 43.9 Å².